The Hall–Kier alpha value is -1.32. The molecule has 7 saturated heterocycles. The van der Waals surface area contributed by atoms with Crippen LogP contribution in [-0.4, -0.2) is 95.7 Å². The van der Waals surface area contributed by atoms with Gasteiger partial charge in [0.2, 0.25) is 23.6 Å². The number of halogens is 6. The molecule has 2 N–H and O–H groups in total. The van der Waals surface area contributed by atoms with Gasteiger partial charge in [-0.1, -0.05) is 20.8 Å². The van der Waals surface area contributed by atoms with Crippen molar-refractivity contribution in [1.29, 1.82) is 0 Å². The monoisotopic (exact) mass is 788 g/mol. The highest BCUT2D eigenvalue weighted by Crippen LogP contribution is 2.65. The van der Waals surface area contributed by atoms with Crippen LogP contribution in [0.5, 0.6) is 0 Å². The Morgan fingerprint density at radius 2 is 1.28 bits per heavy atom. The number of fused-ring (bicyclic) bond motifs is 4. The van der Waals surface area contributed by atoms with Gasteiger partial charge in [0.15, 0.2) is 17.5 Å². The maximum Gasteiger partial charge on any atom is 0.449 e. The van der Waals surface area contributed by atoms with Gasteiger partial charge in [-0.3, -0.25) is 0 Å². The molecule has 18 heteroatoms. The van der Waals surface area contributed by atoms with Crippen LogP contribution < -0.4 is 0 Å². The van der Waals surface area contributed by atoms with E-state index < -0.39 is 109 Å². The second-order valence-corrected chi connectivity index (χ2v) is 17.3. The first-order valence-corrected chi connectivity index (χ1v) is 19.1. The minimum Gasteiger partial charge on any atom is -0.456 e. The highest BCUT2D eigenvalue weighted by atomic mass is 19.4. The Bertz CT molecular complexity index is 1480. The molecule has 10 rings (SSSR count). The maximum atomic E-state index is 15.2. The average molecular weight is 789 g/mol. The fraction of sp³-hybridized carbons (Fsp3) is 0.944. The zero-order valence-corrected chi connectivity index (χ0v) is 30.9. The minimum absolute atomic E-state index is 0.0595. The van der Waals surface area contributed by atoms with Gasteiger partial charge < -0.3 is 38.6 Å². The zero-order valence-electron chi connectivity index (χ0n) is 30.9. The summed E-state index contributed by atoms with van der Waals surface area (Å²) in [6.45, 7) is 6.05. The van der Waals surface area contributed by atoms with E-state index in [1.165, 1.54) is 6.92 Å². The number of aliphatic hydroxyl groups is 2. The molecule has 0 aromatic carbocycles. The van der Waals surface area contributed by atoms with E-state index in [1.54, 1.807) is 13.8 Å². The SMILES string of the molecule is C[C@@H]1CC[C@H]2C(COC[C@@H](O)[C@H](O)CO[C@@]3(C(F)(F)F)O[C@@H]4O[C@]5(C)CCC6[C@H](C)CC[C@@H]([C@H]3C)[C@]64OO5)=C(C(F)(F)F)O[C@@H]3O[C@]4(C)CCC1[C@]32OO4. The summed E-state index contributed by atoms with van der Waals surface area (Å²) in [5.74, 6) is -10.5. The average Bonchev–Trinajstić information content (AvgIpc) is 3.47. The first kappa shape index (κ1) is 39.5. The van der Waals surface area contributed by atoms with Crippen LogP contribution in [0.1, 0.15) is 86.0 Å². The first-order chi connectivity index (χ1) is 25.2. The maximum absolute atomic E-state index is 15.2. The molecular formula is C36H50F6O12. The van der Waals surface area contributed by atoms with Crippen molar-refractivity contribution in [3.63, 3.8) is 0 Å². The smallest absolute Gasteiger partial charge is 0.449 e. The molecule has 0 aromatic heterocycles. The predicted octanol–water partition coefficient (Wildman–Crippen LogP) is 5.94. The van der Waals surface area contributed by atoms with E-state index >= 15 is 13.2 Å². The quantitative estimate of drug-likeness (QED) is 0.223. The Labute approximate surface area is 308 Å². The lowest BCUT2D eigenvalue weighted by Gasteiger charge is -2.63. The topological polar surface area (TPSA) is 133 Å². The molecule has 54 heavy (non-hydrogen) atoms. The zero-order chi connectivity index (χ0) is 38.9. The third kappa shape index (κ3) is 5.81. The summed E-state index contributed by atoms with van der Waals surface area (Å²) in [5, 5.41) is 21.8. The van der Waals surface area contributed by atoms with E-state index in [4.69, 9.17) is 48.0 Å². The summed E-state index contributed by atoms with van der Waals surface area (Å²) < 4.78 is 124. The van der Waals surface area contributed by atoms with Crippen LogP contribution in [0.15, 0.2) is 11.3 Å². The molecule has 10 aliphatic rings. The fourth-order valence-electron chi connectivity index (χ4n) is 11.1. The third-order valence-electron chi connectivity index (χ3n) is 14.0. The number of ether oxygens (including phenoxy) is 6. The molecule has 0 aromatic rings. The highest BCUT2D eigenvalue weighted by molar-refractivity contribution is 5.28. The summed E-state index contributed by atoms with van der Waals surface area (Å²) in [6, 6.07) is 0. The number of aliphatic hydroxyl groups excluding tert-OH is 2. The van der Waals surface area contributed by atoms with Crippen molar-refractivity contribution < 1.29 is 84.5 Å². The van der Waals surface area contributed by atoms with Gasteiger partial charge in [0.05, 0.1) is 19.8 Å². The van der Waals surface area contributed by atoms with Crippen LogP contribution in [0.25, 0.3) is 0 Å². The van der Waals surface area contributed by atoms with Crippen molar-refractivity contribution in [2.45, 2.75) is 152 Å². The van der Waals surface area contributed by atoms with E-state index in [9.17, 15) is 23.4 Å². The number of rotatable bonds is 8. The van der Waals surface area contributed by atoms with E-state index in [1.807, 2.05) is 13.8 Å². The molecule has 2 unspecified atom stereocenters. The van der Waals surface area contributed by atoms with E-state index in [2.05, 4.69) is 0 Å². The summed E-state index contributed by atoms with van der Waals surface area (Å²) in [5.41, 5.74) is -2.98. The van der Waals surface area contributed by atoms with Gasteiger partial charge in [0.1, 0.15) is 12.2 Å². The van der Waals surface area contributed by atoms with Crippen LogP contribution in [-0.2, 0) is 48.0 Å². The molecule has 0 amide bonds. The molecule has 8 heterocycles. The number of hydrogen-bond donors (Lipinski definition) is 2. The first-order valence-electron chi connectivity index (χ1n) is 19.1. The lowest BCUT2D eigenvalue weighted by Crippen LogP contribution is -2.76. The Morgan fingerprint density at radius 1 is 0.704 bits per heavy atom. The fourth-order valence-corrected chi connectivity index (χ4v) is 11.1. The summed E-state index contributed by atoms with van der Waals surface area (Å²) in [6.07, 6.45) is -13.0. The number of hydrogen-bond acceptors (Lipinski definition) is 12. The predicted molar refractivity (Wildman–Crippen MR) is 168 cm³/mol. The molecular weight excluding hydrogens is 738 g/mol. The molecule has 16 atom stereocenters. The van der Waals surface area contributed by atoms with Crippen LogP contribution in [0.3, 0.4) is 0 Å². The van der Waals surface area contributed by atoms with Crippen molar-refractivity contribution in [2.24, 2.45) is 41.4 Å². The van der Waals surface area contributed by atoms with Crippen molar-refractivity contribution in [1.82, 2.24) is 0 Å². The Kier molecular flexibility index (Phi) is 9.58. The lowest BCUT2D eigenvalue weighted by atomic mass is 9.57. The minimum atomic E-state index is -5.12. The molecule has 2 aliphatic carbocycles. The molecule has 2 spiro atoms. The lowest BCUT2D eigenvalue weighted by molar-refractivity contribution is -0.599. The molecule has 9 fully saturated rings. The van der Waals surface area contributed by atoms with Gasteiger partial charge in [-0.15, -0.1) is 0 Å². The Balaban J connectivity index is 0.982. The van der Waals surface area contributed by atoms with Gasteiger partial charge in [0, 0.05) is 42.1 Å². The van der Waals surface area contributed by atoms with Crippen molar-refractivity contribution >= 4 is 0 Å². The highest BCUT2D eigenvalue weighted by Gasteiger charge is 2.77. The largest absolute Gasteiger partial charge is 0.456 e. The second kappa shape index (κ2) is 13.1. The van der Waals surface area contributed by atoms with Gasteiger partial charge >= 0.3 is 12.4 Å². The molecule has 2 saturated carbocycles. The third-order valence-corrected chi connectivity index (χ3v) is 14.0. The summed E-state index contributed by atoms with van der Waals surface area (Å²) in [4.78, 5) is 23.3. The summed E-state index contributed by atoms with van der Waals surface area (Å²) >= 11 is 0. The molecule has 12 nitrogen and oxygen atoms in total. The van der Waals surface area contributed by atoms with Gasteiger partial charge in [-0.05, 0) is 70.1 Å². The van der Waals surface area contributed by atoms with Gasteiger partial charge in [0.25, 0.3) is 5.79 Å². The van der Waals surface area contributed by atoms with Crippen LogP contribution in [0.4, 0.5) is 26.3 Å². The normalized spacial score (nSPS) is 49.7. The van der Waals surface area contributed by atoms with E-state index in [-0.39, 0.29) is 35.7 Å². The molecule has 4 bridgehead atoms. The van der Waals surface area contributed by atoms with E-state index in [0.29, 0.717) is 44.9 Å². The van der Waals surface area contributed by atoms with Crippen LogP contribution in [0, 0.1) is 41.4 Å². The Morgan fingerprint density at radius 3 is 1.91 bits per heavy atom. The van der Waals surface area contributed by atoms with Gasteiger partial charge in [-0.2, -0.15) is 26.3 Å². The molecule has 8 aliphatic heterocycles. The standard InChI is InChI=1S/C36H50F6O12/c1-17-6-8-23-19(3)34(36(40,41)42,50-29-32(23)21(17)10-13-31(5,49-29)52-53-32)46-16-26(44)25(43)15-45-14-20-24-9-7-18(2)22-11-12-30(4)48-28(33(22,24)54-51-30)47-27(20)35(37,38)39/h17-19,21-26,28-29,43-44H,6-16H2,1-5H3/t17-,18-,19-,21?,22?,23+,24+,25-,26-,28-,29+,30+,31+,32-,33-,34-/m1/s1. The van der Waals surface area contributed by atoms with Crippen molar-refractivity contribution in [3.05, 3.63) is 11.3 Å². The number of allylic oxidation sites excluding steroid dienone is 1. The molecule has 308 valence electrons. The summed E-state index contributed by atoms with van der Waals surface area (Å²) in [7, 11) is 0. The number of alkyl halides is 6. The van der Waals surface area contributed by atoms with Crippen molar-refractivity contribution in [2.75, 3.05) is 19.8 Å². The van der Waals surface area contributed by atoms with Crippen LogP contribution >= 0.6 is 0 Å². The van der Waals surface area contributed by atoms with E-state index in [0.717, 1.165) is 0 Å². The van der Waals surface area contributed by atoms with Crippen LogP contribution in [0.2, 0.25) is 0 Å². The van der Waals surface area contributed by atoms with Gasteiger partial charge in [-0.25, -0.2) is 19.6 Å². The second-order valence-electron chi connectivity index (χ2n) is 17.3. The van der Waals surface area contributed by atoms with Crippen molar-refractivity contribution in [3.8, 4) is 0 Å². The molecule has 0 radical (unpaired) electrons.